The fraction of sp³-hybridized carbons (Fsp3) is 0.676. The average Bonchev–Trinajstić information content (AvgIpc) is 3.46. The van der Waals surface area contributed by atoms with E-state index < -0.39 is 6.04 Å². The van der Waals surface area contributed by atoms with Gasteiger partial charge in [-0.3, -0.25) is 9.59 Å². The number of unbranched alkanes of at least 4 members (excludes halogenated alkanes) is 12. The van der Waals surface area contributed by atoms with Crippen molar-refractivity contribution in [3.63, 3.8) is 0 Å². The van der Waals surface area contributed by atoms with Gasteiger partial charge in [-0.2, -0.15) is 11.8 Å². The molecule has 0 radical (unpaired) electrons. The second kappa shape index (κ2) is 23.5. The molecule has 2 aromatic heterocycles. The minimum Gasteiger partial charge on any atom is -0.465 e. The lowest BCUT2D eigenvalue weighted by Crippen LogP contribution is -2.42. The molecular weight excluding hydrogens is 623 g/mol. The molecule has 11 heteroatoms. The smallest absolute Gasteiger partial charge is 0.305 e. The molecule has 6 N–H and O–H groups in total. The number of imidazole rings is 1. The van der Waals surface area contributed by atoms with Crippen LogP contribution in [0.5, 0.6) is 0 Å². The van der Waals surface area contributed by atoms with E-state index in [9.17, 15) is 9.59 Å². The van der Waals surface area contributed by atoms with Crippen LogP contribution in [0.3, 0.4) is 0 Å². The van der Waals surface area contributed by atoms with Crippen molar-refractivity contribution in [2.75, 3.05) is 36.9 Å². The van der Waals surface area contributed by atoms with E-state index in [0.29, 0.717) is 61.9 Å². The van der Waals surface area contributed by atoms with Crippen molar-refractivity contribution in [3.8, 4) is 0 Å². The van der Waals surface area contributed by atoms with Gasteiger partial charge < -0.3 is 31.4 Å². The van der Waals surface area contributed by atoms with Gasteiger partial charge in [0.1, 0.15) is 17.9 Å². The summed E-state index contributed by atoms with van der Waals surface area (Å²) in [6.45, 7) is 7.27. The highest BCUT2D eigenvalue weighted by molar-refractivity contribution is 7.99. The number of thioether (sulfide) groups is 1. The van der Waals surface area contributed by atoms with Crippen LogP contribution in [0, 0.1) is 0 Å². The second-order valence-corrected chi connectivity index (χ2v) is 13.9. The third-order valence-corrected chi connectivity index (χ3v) is 9.74. The largest absolute Gasteiger partial charge is 0.465 e. The summed E-state index contributed by atoms with van der Waals surface area (Å²) in [5.74, 6) is 2.10. The Morgan fingerprint density at radius 1 is 0.917 bits per heavy atom. The highest BCUT2D eigenvalue weighted by Gasteiger charge is 2.18. The molecule has 48 heavy (non-hydrogen) atoms. The number of nitrogens with one attached hydrogen (secondary N) is 2. The van der Waals surface area contributed by atoms with Gasteiger partial charge in [0.05, 0.1) is 23.6 Å². The van der Waals surface area contributed by atoms with Crippen LogP contribution in [0.1, 0.15) is 116 Å². The number of nitrogens with zero attached hydrogens (tertiary/aromatic N) is 3. The number of nitrogen functional groups attached to an aromatic ring is 1. The van der Waals surface area contributed by atoms with Crippen molar-refractivity contribution in [2.24, 2.45) is 5.73 Å². The first kappa shape index (κ1) is 39.5. The van der Waals surface area contributed by atoms with E-state index in [1.807, 2.05) is 24.3 Å². The van der Waals surface area contributed by atoms with Crippen LogP contribution in [0.25, 0.3) is 21.9 Å². The molecule has 0 saturated carbocycles. The number of ether oxygens (including phenoxy) is 1. The second-order valence-electron chi connectivity index (χ2n) is 12.7. The predicted molar refractivity (Wildman–Crippen MR) is 201 cm³/mol. The van der Waals surface area contributed by atoms with Gasteiger partial charge >= 0.3 is 5.97 Å². The Labute approximate surface area is 292 Å². The van der Waals surface area contributed by atoms with Gasteiger partial charge in [-0.25, -0.2) is 9.97 Å². The summed E-state index contributed by atoms with van der Waals surface area (Å²) in [6, 6.07) is 7.32. The maximum absolute atomic E-state index is 12.6. The number of para-hydroxylation sites is 1. The van der Waals surface area contributed by atoms with Crippen LogP contribution in [-0.4, -0.2) is 63.7 Å². The van der Waals surface area contributed by atoms with Gasteiger partial charge in [0.2, 0.25) is 5.91 Å². The number of rotatable bonds is 27. The monoisotopic (exact) mass is 683 g/mol. The topological polar surface area (TPSA) is 150 Å². The molecule has 3 aromatic rings. The van der Waals surface area contributed by atoms with Crippen molar-refractivity contribution >= 4 is 51.4 Å². The quantitative estimate of drug-likeness (QED) is 0.0499. The van der Waals surface area contributed by atoms with Crippen molar-refractivity contribution in [1.29, 1.82) is 0 Å². The van der Waals surface area contributed by atoms with Gasteiger partial charge in [-0.1, -0.05) is 109 Å². The van der Waals surface area contributed by atoms with Gasteiger partial charge in [0.25, 0.3) is 0 Å². The number of aryl methyl sites for hydroxylation is 1. The first-order chi connectivity index (χ1) is 23.5. The highest BCUT2D eigenvalue weighted by Crippen LogP contribution is 2.29. The van der Waals surface area contributed by atoms with Gasteiger partial charge in [-0.05, 0) is 25.5 Å². The average molecular weight is 684 g/mol. The molecule has 1 amide bonds. The number of nitrogens with two attached hydrogens (primary N) is 2. The summed E-state index contributed by atoms with van der Waals surface area (Å²) in [5.41, 5.74) is 14.9. The van der Waals surface area contributed by atoms with E-state index in [-0.39, 0.29) is 11.9 Å². The van der Waals surface area contributed by atoms with Crippen LogP contribution in [0.2, 0.25) is 0 Å². The van der Waals surface area contributed by atoms with Crippen molar-refractivity contribution in [3.05, 3.63) is 30.1 Å². The third kappa shape index (κ3) is 13.9. The maximum atomic E-state index is 12.6. The number of aromatic nitrogens is 3. The lowest BCUT2D eigenvalue weighted by Gasteiger charge is -2.14. The Morgan fingerprint density at radius 2 is 1.58 bits per heavy atom. The zero-order chi connectivity index (χ0) is 34.4. The predicted octanol–water partition coefficient (Wildman–Crippen LogP) is 6.87. The molecule has 0 spiro atoms. The zero-order valence-corrected chi connectivity index (χ0v) is 30.4. The zero-order valence-electron chi connectivity index (χ0n) is 29.6. The first-order valence-corrected chi connectivity index (χ1v) is 19.6. The van der Waals surface area contributed by atoms with Gasteiger partial charge in [0, 0.05) is 36.4 Å². The molecule has 0 aliphatic carbocycles. The molecule has 268 valence electrons. The van der Waals surface area contributed by atoms with Crippen molar-refractivity contribution in [1.82, 2.24) is 25.2 Å². The number of esters is 1. The van der Waals surface area contributed by atoms with E-state index >= 15 is 0 Å². The number of carbonyl (C=O) groups is 2. The fourth-order valence-electron chi connectivity index (χ4n) is 5.96. The first-order valence-electron chi connectivity index (χ1n) is 18.5. The number of pyridine rings is 1. The lowest BCUT2D eigenvalue weighted by molar-refractivity contribution is -0.143. The molecule has 10 nitrogen and oxygen atoms in total. The Morgan fingerprint density at radius 3 is 2.27 bits per heavy atom. The number of anilines is 1. The van der Waals surface area contributed by atoms with Crippen LogP contribution in [-0.2, 0) is 27.4 Å². The molecule has 0 fully saturated rings. The normalized spacial score (nSPS) is 12.1. The molecule has 0 saturated heterocycles. The summed E-state index contributed by atoms with van der Waals surface area (Å²) >= 11 is 1.53. The van der Waals surface area contributed by atoms with Crippen LogP contribution in [0.15, 0.2) is 24.3 Å². The van der Waals surface area contributed by atoms with E-state index in [1.165, 1.54) is 82.4 Å². The molecule has 3 rings (SSSR count). The SMILES string of the molecule is CCCCCCCCCCCCCCCC(=O)OCCSC[C@H](N)C(=O)NCCCn1c(CNCC)nc2c(N)nc3ccccc3c21. The molecule has 0 unspecified atom stereocenters. The van der Waals surface area contributed by atoms with Crippen LogP contribution >= 0.6 is 11.8 Å². The van der Waals surface area contributed by atoms with Crippen LogP contribution in [0.4, 0.5) is 5.82 Å². The summed E-state index contributed by atoms with van der Waals surface area (Å²) in [4.78, 5) is 34.1. The van der Waals surface area contributed by atoms with Gasteiger partial charge in [0.15, 0.2) is 5.82 Å². The molecule has 2 heterocycles. The Hall–Kier alpha value is -2.89. The molecule has 1 aromatic carbocycles. The Balaban J connectivity index is 1.24. The minimum atomic E-state index is -0.621. The van der Waals surface area contributed by atoms with Crippen molar-refractivity contribution < 1.29 is 14.3 Å². The van der Waals surface area contributed by atoms with E-state index in [4.69, 9.17) is 21.2 Å². The summed E-state index contributed by atoms with van der Waals surface area (Å²) in [5, 5.41) is 7.34. The molecule has 0 bridgehead atoms. The molecule has 1 atom stereocenters. The minimum absolute atomic E-state index is 0.132. The van der Waals surface area contributed by atoms with Gasteiger partial charge in [-0.15, -0.1) is 0 Å². The number of fused-ring (bicyclic) bond motifs is 3. The molecule has 0 aliphatic heterocycles. The van der Waals surface area contributed by atoms with Crippen LogP contribution < -0.4 is 22.1 Å². The highest BCUT2D eigenvalue weighted by atomic mass is 32.2. The Kier molecular flexibility index (Phi) is 19.3. The molecule has 0 aliphatic rings. The number of benzene rings is 1. The number of amides is 1. The van der Waals surface area contributed by atoms with E-state index in [0.717, 1.165) is 41.6 Å². The summed E-state index contributed by atoms with van der Waals surface area (Å²) in [6.07, 6.45) is 17.9. The standard InChI is InChI=1S/C37H61N7O3S/c1-3-5-6-7-8-9-10-11-12-13-14-15-16-22-33(45)47-25-26-48-28-30(38)37(46)41-23-19-24-44-32(27-40-4-2)43-34-35(44)29-20-17-18-21-31(29)42-36(34)39/h17-18,20-21,30,40H,3-16,19,22-28,38H2,1-2H3,(H2,39,42)(H,41,46)/t30-/m0/s1. The third-order valence-electron chi connectivity index (χ3n) is 8.69. The summed E-state index contributed by atoms with van der Waals surface area (Å²) < 4.78 is 7.56. The van der Waals surface area contributed by atoms with E-state index in [1.54, 1.807) is 0 Å². The lowest BCUT2D eigenvalue weighted by atomic mass is 10.0. The van der Waals surface area contributed by atoms with Crippen molar-refractivity contribution in [2.45, 2.75) is 129 Å². The fourth-order valence-corrected chi connectivity index (χ4v) is 6.73. The number of hydrogen-bond acceptors (Lipinski definition) is 9. The summed E-state index contributed by atoms with van der Waals surface area (Å²) in [7, 11) is 0. The van der Waals surface area contributed by atoms with E-state index in [2.05, 4.69) is 34.0 Å². The number of hydrogen-bond donors (Lipinski definition) is 4. The molecular formula is C37H61N7O3S. The maximum Gasteiger partial charge on any atom is 0.305 e. The number of carbonyl (C=O) groups excluding carboxylic acids is 2. The Bertz CT molecular complexity index is 1370.